The lowest BCUT2D eigenvalue weighted by atomic mass is 9.95. The summed E-state index contributed by atoms with van der Waals surface area (Å²) < 4.78 is 11.6. The number of carbonyl (C=O) groups excluding carboxylic acids is 2. The summed E-state index contributed by atoms with van der Waals surface area (Å²) in [6.45, 7) is 2.46. The maximum absolute atomic E-state index is 13.0. The molecule has 0 saturated carbocycles. The molecule has 1 atom stereocenters. The summed E-state index contributed by atoms with van der Waals surface area (Å²) >= 11 is 1.51. The van der Waals surface area contributed by atoms with Crippen molar-refractivity contribution in [2.24, 2.45) is 5.73 Å². The number of nitrogens with zero attached hydrogens (tertiary/aromatic N) is 1. The van der Waals surface area contributed by atoms with Crippen molar-refractivity contribution in [2.75, 3.05) is 31.6 Å². The maximum Gasteiger partial charge on any atom is 0.251 e. The van der Waals surface area contributed by atoms with E-state index in [4.69, 9.17) is 15.2 Å². The van der Waals surface area contributed by atoms with Crippen LogP contribution in [0.3, 0.4) is 0 Å². The normalized spacial score (nSPS) is 20.4. The molecule has 2 aliphatic heterocycles. The summed E-state index contributed by atoms with van der Waals surface area (Å²) in [5, 5.41) is 3.61. The summed E-state index contributed by atoms with van der Waals surface area (Å²) in [5.41, 5.74) is 8.36. The Hall–Kier alpha value is -2.58. The van der Waals surface area contributed by atoms with Crippen LogP contribution in [0.1, 0.15) is 64.5 Å². The molecular formula is C24H29N3O4S. The second-order valence-electron chi connectivity index (χ2n) is 8.71. The van der Waals surface area contributed by atoms with E-state index in [0.717, 1.165) is 74.1 Å². The van der Waals surface area contributed by atoms with Crippen LogP contribution in [0.2, 0.25) is 0 Å². The molecule has 0 radical (unpaired) electrons. The van der Waals surface area contributed by atoms with Crippen LogP contribution in [0.4, 0.5) is 5.00 Å². The van der Waals surface area contributed by atoms with Gasteiger partial charge in [0, 0.05) is 17.3 Å². The Morgan fingerprint density at radius 3 is 2.75 bits per heavy atom. The van der Waals surface area contributed by atoms with Crippen molar-refractivity contribution in [1.29, 1.82) is 0 Å². The minimum absolute atomic E-state index is 0.104. The average molecular weight is 456 g/mol. The molecule has 5 rings (SSSR count). The zero-order chi connectivity index (χ0) is 22.1. The van der Waals surface area contributed by atoms with Crippen LogP contribution in [-0.2, 0) is 17.6 Å². The zero-order valence-electron chi connectivity index (χ0n) is 18.2. The lowest BCUT2D eigenvalue weighted by molar-refractivity contribution is -0.117. The first-order valence-corrected chi connectivity index (χ1v) is 12.3. The highest BCUT2D eigenvalue weighted by molar-refractivity contribution is 7.17. The number of aryl methyl sites for hydroxylation is 1. The van der Waals surface area contributed by atoms with Gasteiger partial charge in [0.25, 0.3) is 5.91 Å². The highest BCUT2D eigenvalue weighted by Gasteiger charge is 2.30. The van der Waals surface area contributed by atoms with Gasteiger partial charge >= 0.3 is 0 Å². The van der Waals surface area contributed by atoms with Crippen LogP contribution in [0.15, 0.2) is 18.2 Å². The van der Waals surface area contributed by atoms with Gasteiger partial charge in [0.15, 0.2) is 11.5 Å². The number of thiophene rings is 1. The Kier molecular flexibility index (Phi) is 6.06. The number of amides is 2. The van der Waals surface area contributed by atoms with Crippen LogP contribution in [0, 0.1) is 0 Å². The number of anilines is 1. The molecule has 2 aromatic rings. The molecule has 0 bridgehead atoms. The molecular weight excluding hydrogens is 426 g/mol. The molecule has 3 heterocycles. The lowest BCUT2D eigenvalue weighted by Gasteiger charge is -2.25. The van der Waals surface area contributed by atoms with Gasteiger partial charge in [-0.1, -0.05) is 6.07 Å². The number of nitrogens with two attached hydrogens (primary N) is 1. The van der Waals surface area contributed by atoms with Gasteiger partial charge in [0.1, 0.15) is 5.00 Å². The minimum atomic E-state index is -0.453. The molecule has 8 heteroatoms. The highest BCUT2D eigenvalue weighted by Crippen LogP contribution is 2.39. The van der Waals surface area contributed by atoms with Gasteiger partial charge in [-0.2, -0.15) is 0 Å². The number of likely N-dealkylation sites (tertiary alicyclic amines) is 1. The van der Waals surface area contributed by atoms with E-state index in [1.807, 2.05) is 6.07 Å². The average Bonchev–Trinajstić information content (AvgIpc) is 3.30. The first-order valence-electron chi connectivity index (χ1n) is 11.5. The molecule has 3 aliphatic rings. The number of hydrogen-bond acceptors (Lipinski definition) is 6. The van der Waals surface area contributed by atoms with Crippen LogP contribution in [-0.4, -0.2) is 43.0 Å². The van der Waals surface area contributed by atoms with E-state index in [9.17, 15) is 9.59 Å². The molecule has 1 saturated heterocycles. The summed E-state index contributed by atoms with van der Waals surface area (Å²) in [6, 6.07) is 6.26. The van der Waals surface area contributed by atoms with Crippen molar-refractivity contribution >= 4 is 28.2 Å². The quantitative estimate of drug-likeness (QED) is 0.718. The maximum atomic E-state index is 13.0. The molecule has 1 aliphatic carbocycles. The summed E-state index contributed by atoms with van der Waals surface area (Å²) in [6.07, 6.45) is 6.89. The molecule has 2 amide bonds. The molecule has 0 unspecified atom stereocenters. The second kappa shape index (κ2) is 9.11. The lowest BCUT2D eigenvalue weighted by Crippen LogP contribution is -2.33. The van der Waals surface area contributed by atoms with Crippen molar-refractivity contribution in [3.63, 3.8) is 0 Å². The Bertz CT molecular complexity index is 1030. The molecule has 0 spiro atoms. The molecule has 170 valence electrons. The van der Waals surface area contributed by atoms with Crippen molar-refractivity contribution in [3.8, 4) is 11.5 Å². The third kappa shape index (κ3) is 4.21. The van der Waals surface area contributed by atoms with Crippen LogP contribution in [0.25, 0.3) is 0 Å². The van der Waals surface area contributed by atoms with Crippen LogP contribution >= 0.6 is 11.3 Å². The van der Waals surface area contributed by atoms with Crippen molar-refractivity contribution in [3.05, 3.63) is 39.8 Å². The van der Waals surface area contributed by atoms with E-state index < -0.39 is 5.91 Å². The fraction of sp³-hybridized carbons (Fsp3) is 0.500. The van der Waals surface area contributed by atoms with Crippen LogP contribution < -0.4 is 20.5 Å². The monoisotopic (exact) mass is 455 g/mol. The SMILES string of the molecule is NC(=O)c1c(NC(=O)CN2CCC[C@@H]2c2ccc3c(c2)OCCCO3)sc2c1CCCC2. The van der Waals surface area contributed by atoms with E-state index in [1.54, 1.807) is 0 Å². The fourth-order valence-corrected chi connectivity index (χ4v) is 6.36. The first kappa shape index (κ1) is 21.3. The third-order valence-electron chi connectivity index (χ3n) is 6.54. The van der Waals surface area contributed by atoms with E-state index in [0.29, 0.717) is 23.8 Å². The van der Waals surface area contributed by atoms with Crippen LogP contribution in [0.5, 0.6) is 11.5 Å². The largest absolute Gasteiger partial charge is 0.490 e. The van der Waals surface area contributed by atoms with Gasteiger partial charge in [0.2, 0.25) is 5.91 Å². The van der Waals surface area contributed by atoms with E-state index in [1.165, 1.54) is 16.2 Å². The molecule has 1 fully saturated rings. The number of benzene rings is 1. The van der Waals surface area contributed by atoms with Gasteiger partial charge < -0.3 is 20.5 Å². The van der Waals surface area contributed by atoms with Crippen molar-refractivity contribution in [2.45, 2.75) is 51.0 Å². The van der Waals surface area contributed by atoms with Gasteiger partial charge in [0.05, 0.1) is 25.3 Å². The Morgan fingerprint density at radius 2 is 1.91 bits per heavy atom. The molecule has 32 heavy (non-hydrogen) atoms. The Labute approximate surface area is 191 Å². The van der Waals surface area contributed by atoms with Gasteiger partial charge in [-0.05, 0) is 68.3 Å². The Morgan fingerprint density at radius 1 is 1.09 bits per heavy atom. The second-order valence-corrected chi connectivity index (χ2v) is 9.82. The standard InChI is InChI=1S/C24H29N3O4S/c25-23(29)22-16-5-1-2-7-20(16)32-24(22)26-21(28)14-27-10-3-6-17(27)15-8-9-18-19(13-15)31-12-4-11-30-18/h8-9,13,17H,1-7,10-12,14H2,(H2,25,29)(H,26,28)/t17-/m1/s1. The number of ether oxygens (including phenoxy) is 2. The van der Waals surface area contributed by atoms with Crippen molar-refractivity contribution < 1.29 is 19.1 Å². The summed E-state index contributed by atoms with van der Waals surface area (Å²) in [7, 11) is 0. The number of carbonyl (C=O) groups is 2. The third-order valence-corrected chi connectivity index (χ3v) is 7.74. The molecule has 7 nitrogen and oxygen atoms in total. The van der Waals surface area contributed by atoms with E-state index in [-0.39, 0.29) is 18.5 Å². The zero-order valence-corrected chi connectivity index (χ0v) is 19.0. The van der Waals surface area contributed by atoms with E-state index in [2.05, 4.69) is 22.3 Å². The highest BCUT2D eigenvalue weighted by atomic mass is 32.1. The Balaban J connectivity index is 1.30. The summed E-state index contributed by atoms with van der Waals surface area (Å²) in [5.74, 6) is 1.01. The first-order chi connectivity index (χ1) is 15.6. The topological polar surface area (TPSA) is 93.9 Å². The van der Waals surface area contributed by atoms with Gasteiger partial charge in [-0.3, -0.25) is 14.5 Å². The number of primary amides is 1. The van der Waals surface area contributed by atoms with E-state index >= 15 is 0 Å². The smallest absolute Gasteiger partial charge is 0.251 e. The number of fused-ring (bicyclic) bond motifs is 2. The predicted molar refractivity (Wildman–Crippen MR) is 124 cm³/mol. The number of hydrogen-bond donors (Lipinski definition) is 2. The molecule has 1 aromatic carbocycles. The summed E-state index contributed by atoms with van der Waals surface area (Å²) in [4.78, 5) is 28.5. The minimum Gasteiger partial charge on any atom is -0.490 e. The van der Waals surface area contributed by atoms with Gasteiger partial charge in [-0.15, -0.1) is 11.3 Å². The molecule has 3 N–H and O–H groups in total. The van der Waals surface area contributed by atoms with Gasteiger partial charge in [-0.25, -0.2) is 0 Å². The number of rotatable bonds is 5. The fourth-order valence-electron chi connectivity index (χ4n) is 5.05. The number of nitrogens with one attached hydrogen (secondary N) is 1. The van der Waals surface area contributed by atoms with Crippen molar-refractivity contribution in [1.82, 2.24) is 4.90 Å². The molecule has 1 aromatic heterocycles. The predicted octanol–water partition coefficient (Wildman–Crippen LogP) is 3.66.